The number of nitrogens with one attached hydrogen (secondary N) is 2. The van der Waals surface area contributed by atoms with Gasteiger partial charge in [0.2, 0.25) is 5.91 Å². The van der Waals surface area contributed by atoms with E-state index in [1.807, 2.05) is 57.2 Å². The second kappa shape index (κ2) is 9.24. The number of hydrogen-bond donors (Lipinski definition) is 2. The van der Waals surface area contributed by atoms with Gasteiger partial charge >= 0.3 is 0 Å². The Balaban J connectivity index is 1.54. The fourth-order valence-electron chi connectivity index (χ4n) is 3.65. The zero-order chi connectivity index (χ0) is 20.0. The van der Waals surface area contributed by atoms with Crippen LogP contribution in [0.2, 0.25) is 0 Å². The number of nitrogens with zero attached hydrogens (tertiary/aromatic N) is 1. The molecule has 2 N–H and O–H groups in total. The molecule has 28 heavy (non-hydrogen) atoms. The zero-order valence-corrected chi connectivity index (χ0v) is 17.0. The fourth-order valence-corrected chi connectivity index (χ4v) is 3.65. The van der Waals surface area contributed by atoms with Crippen LogP contribution in [0.3, 0.4) is 0 Å². The summed E-state index contributed by atoms with van der Waals surface area (Å²) in [6, 6.07) is 11.6. The Kier molecular flexibility index (Phi) is 6.73. The summed E-state index contributed by atoms with van der Waals surface area (Å²) in [6.45, 7) is 8.25. The van der Waals surface area contributed by atoms with Gasteiger partial charge in [0.15, 0.2) is 5.76 Å². The minimum atomic E-state index is -0.195. The molecule has 2 unspecified atom stereocenters. The summed E-state index contributed by atoms with van der Waals surface area (Å²) in [4.78, 5) is 12.4. The van der Waals surface area contributed by atoms with Gasteiger partial charge in [-0.2, -0.15) is 0 Å². The molecule has 2 aromatic rings. The third-order valence-electron chi connectivity index (χ3n) is 4.93. The number of amides is 1. The molecule has 1 amide bonds. The van der Waals surface area contributed by atoms with Crippen LogP contribution in [0.5, 0.6) is 5.75 Å². The lowest BCUT2D eigenvalue weighted by molar-refractivity contribution is -0.124. The number of ether oxygens (including phenoxy) is 1. The Hall–Kier alpha value is -2.34. The Morgan fingerprint density at radius 1 is 1.29 bits per heavy atom. The topological polar surface area (TPSA) is 76.4 Å². The maximum atomic E-state index is 12.4. The summed E-state index contributed by atoms with van der Waals surface area (Å²) in [5.41, 5.74) is 0.723. The lowest BCUT2D eigenvalue weighted by Crippen LogP contribution is -2.44. The molecule has 1 aliphatic heterocycles. The van der Waals surface area contributed by atoms with E-state index in [9.17, 15) is 4.79 Å². The Morgan fingerprint density at radius 2 is 2.07 bits per heavy atom. The van der Waals surface area contributed by atoms with Gasteiger partial charge in [-0.05, 0) is 70.7 Å². The summed E-state index contributed by atoms with van der Waals surface area (Å²) in [7, 11) is 0. The SMILES string of the molecule is CC(C)(C)NC(=O)CC1CCNCC1Cc1cc(COc2ccccc2)on1. The molecule has 6 nitrogen and oxygen atoms in total. The molecule has 0 bridgehead atoms. The predicted octanol–water partition coefficient (Wildman–Crippen LogP) is 3.33. The molecule has 1 aromatic heterocycles. The molecule has 1 aliphatic rings. The van der Waals surface area contributed by atoms with Gasteiger partial charge in [0.25, 0.3) is 0 Å². The van der Waals surface area contributed by atoms with Crippen molar-refractivity contribution in [3.05, 3.63) is 47.9 Å². The maximum Gasteiger partial charge on any atom is 0.220 e. The Bertz CT molecular complexity index is 752. The molecule has 1 saturated heterocycles. The molecule has 0 spiro atoms. The molecule has 0 radical (unpaired) electrons. The molecule has 0 aliphatic carbocycles. The number of carbonyl (C=O) groups excluding carboxylic acids is 1. The number of aromatic nitrogens is 1. The first kappa shape index (κ1) is 20.4. The highest BCUT2D eigenvalue weighted by atomic mass is 16.5. The zero-order valence-electron chi connectivity index (χ0n) is 17.0. The molecular weight excluding hydrogens is 354 g/mol. The largest absolute Gasteiger partial charge is 0.486 e. The monoisotopic (exact) mass is 385 g/mol. The van der Waals surface area contributed by atoms with E-state index >= 15 is 0 Å². The first-order chi connectivity index (χ1) is 13.4. The maximum absolute atomic E-state index is 12.4. The third-order valence-corrected chi connectivity index (χ3v) is 4.93. The van der Waals surface area contributed by atoms with Crippen LogP contribution < -0.4 is 15.4 Å². The minimum absolute atomic E-state index is 0.126. The smallest absolute Gasteiger partial charge is 0.220 e. The predicted molar refractivity (Wildman–Crippen MR) is 108 cm³/mol. The first-order valence-electron chi connectivity index (χ1n) is 10.0. The van der Waals surface area contributed by atoms with Crippen LogP contribution in [0.15, 0.2) is 40.9 Å². The molecule has 6 heteroatoms. The van der Waals surface area contributed by atoms with Crippen LogP contribution >= 0.6 is 0 Å². The molecule has 1 aromatic carbocycles. The number of rotatable bonds is 7. The summed E-state index contributed by atoms with van der Waals surface area (Å²) < 4.78 is 11.2. The average molecular weight is 386 g/mol. The van der Waals surface area contributed by atoms with Crippen LogP contribution in [0.1, 0.15) is 45.1 Å². The summed E-state index contributed by atoms with van der Waals surface area (Å²) >= 11 is 0. The highest BCUT2D eigenvalue weighted by molar-refractivity contribution is 5.76. The fraction of sp³-hybridized carbons (Fsp3) is 0.545. The number of carbonyl (C=O) groups is 1. The molecule has 2 heterocycles. The van der Waals surface area contributed by atoms with Crippen molar-refractivity contribution in [1.82, 2.24) is 15.8 Å². The summed E-state index contributed by atoms with van der Waals surface area (Å²) in [5.74, 6) is 2.37. The van der Waals surface area contributed by atoms with Gasteiger partial charge < -0.3 is 19.9 Å². The van der Waals surface area contributed by atoms with Gasteiger partial charge in [-0.15, -0.1) is 0 Å². The number of piperidine rings is 1. The average Bonchev–Trinajstić information content (AvgIpc) is 3.08. The van der Waals surface area contributed by atoms with Crippen molar-refractivity contribution >= 4 is 5.91 Å². The molecule has 1 fully saturated rings. The van der Waals surface area contributed by atoms with E-state index < -0.39 is 0 Å². The van der Waals surface area contributed by atoms with E-state index in [2.05, 4.69) is 15.8 Å². The van der Waals surface area contributed by atoms with Crippen molar-refractivity contribution in [3.8, 4) is 5.75 Å². The highest BCUT2D eigenvalue weighted by Gasteiger charge is 2.29. The van der Waals surface area contributed by atoms with Crippen LogP contribution in [0.25, 0.3) is 0 Å². The van der Waals surface area contributed by atoms with Crippen LogP contribution in [0, 0.1) is 11.8 Å². The Labute approximate surface area is 167 Å². The van der Waals surface area contributed by atoms with Gasteiger partial charge in [-0.25, -0.2) is 0 Å². The number of para-hydroxylation sites is 1. The quantitative estimate of drug-likeness (QED) is 0.765. The van der Waals surface area contributed by atoms with Crippen molar-refractivity contribution in [3.63, 3.8) is 0 Å². The molecule has 0 saturated carbocycles. The van der Waals surface area contributed by atoms with Gasteiger partial charge in [0.05, 0.1) is 5.69 Å². The molecule has 3 rings (SSSR count). The normalized spacial score (nSPS) is 20.0. The summed E-state index contributed by atoms with van der Waals surface area (Å²) in [6.07, 6.45) is 2.37. The van der Waals surface area contributed by atoms with Crippen LogP contribution in [0.4, 0.5) is 0 Å². The van der Waals surface area contributed by atoms with E-state index in [-0.39, 0.29) is 11.4 Å². The number of hydrogen-bond acceptors (Lipinski definition) is 5. The summed E-state index contributed by atoms with van der Waals surface area (Å²) in [5, 5.41) is 10.7. The van der Waals surface area contributed by atoms with E-state index in [4.69, 9.17) is 9.26 Å². The van der Waals surface area contributed by atoms with Gasteiger partial charge in [-0.1, -0.05) is 23.4 Å². The van der Waals surface area contributed by atoms with Gasteiger partial charge in [-0.3, -0.25) is 4.79 Å². The second-order valence-electron chi connectivity index (χ2n) is 8.61. The molecular formula is C22H31N3O3. The van der Waals surface area contributed by atoms with Gasteiger partial charge in [0, 0.05) is 18.0 Å². The van der Waals surface area contributed by atoms with Crippen molar-refractivity contribution in [1.29, 1.82) is 0 Å². The lowest BCUT2D eigenvalue weighted by atomic mass is 9.81. The Morgan fingerprint density at radius 3 is 2.82 bits per heavy atom. The minimum Gasteiger partial charge on any atom is -0.486 e. The second-order valence-corrected chi connectivity index (χ2v) is 8.61. The van der Waals surface area contributed by atoms with Gasteiger partial charge in [0.1, 0.15) is 12.4 Å². The molecule has 2 atom stereocenters. The van der Waals surface area contributed by atoms with Crippen molar-refractivity contribution < 1.29 is 14.1 Å². The first-order valence-corrected chi connectivity index (χ1v) is 10.0. The van der Waals surface area contributed by atoms with Crippen molar-refractivity contribution in [2.75, 3.05) is 13.1 Å². The van der Waals surface area contributed by atoms with E-state index in [1.54, 1.807) is 0 Å². The van der Waals surface area contributed by atoms with Crippen molar-refractivity contribution in [2.24, 2.45) is 11.8 Å². The van der Waals surface area contributed by atoms with Crippen LogP contribution in [-0.2, 0) is 17.8 Å². The highest BCUT2D eigenvalue weighted by Crippen LogP contribution is 2.26. The van der Waals surface area contributed by atoms with Crippen molar-refractivity contribution in [2.45, 2.75) is 52.2 Å². The number of benzene rings is 1. The standard InChI is InChI=1S/C22H31N3O3/c1-22(2,3)24-21(26)12-16-9-10-23-14-17(16)11-18-13-20(28-25-18)15-27-19-7-5-4-6-8-19/h4-8,13,16-17,23H,9-12,14-15H2,1-3H3,(H,24,26). The van der Waals surface area contributed by atoms with E-state index in [0.29, 0.717) is 30.6 Å². The molecule has 152 valence electrons. The van der Waals surface area contributed by atoms with Crippen LogP contribution in [-0.4, -0.2) is 29.7 Å². The van der Waals surface area contributed by atoms with E-state index in [0.717, 1.165) is 37.4 Å². The third kappa shape index (κ3) is 6.37. The lowest BCUT2D eigenvalue weighted by Gasteiger charge is -2.32. The van der Waals surface area contributed by atoms with E-state index in [1.165, 1.54) is 0 Å².